The van der Waals surface area contributed by atoms with Crippen molar-refractivity contribution in [3.63, 3.8) is 0 Å². The third kappa shape index (κ3) is 6.54. The van der Waals surface area contributed by atoms with Crippen LogP contribution in [0, 0.1) is 5.82 Å². The minimum Gasteiger partial charge on any atom is -0.445 e. The molecule has 4 aromatic carbocycles. The van der Waals surface area contributed by atoms with Crippen LogP contribution in [-0.2, 0) is 17.9 Å². The molecule has 5 aromatic rings. The summed E-state index contributed by atoms with van der Waals surface area (Å²) >= 11 is 12.9. The van der Waals surface area contributed by atoms with Crippen molar-refractivity contribution in [2.24, 2.45) is 0 Å². The fraction of sp³-hybridized carbons (Fsp3) is 0.139. The number of para-hydroxylation sites is 1. The Labute approximate surface area is 276 Å². The van der Waals surface area contributed by atoms with Gasteiger partial charge in [0.25, 0.3) is 5.91 Å². The highest BCUT2D eigenvalue weighted by Gasteiger charge is 2.36. The van der Waals surface area contributed by atoms with E-state index in [1.165, 1.54) is 17.0 Å². The summed E-state index contributed by atoms with van der Waals surface area (Å²) in [6.45, 7) is 2.55. The average Bonchev–Trinajstić information content (AvgIpc) is 3.45. The second kappa shape index (κ2) is 13.6. The zero-order valence-corrected chi connectivity index (χ0v) is 26.4. The number of fused-ring (bicyclic) bond motifs is 1. The maximum absolute atomic E-state index is 14.3. The molecule has 0 N–H and O–H groups in total. The maximum Gasteiger partial charge on any atom is 0.410 e. The lowest BCUT2D eigenvalue weighted by Crippen LogP contribution is -2.37. The van der Waals surface area contributed by atoms with Gasteiger partial charge in [-0.2, -0.15) is 5.10 Å². The Morgan fingerprint density at radius 1 is 0.935 bits per heavy atom. The molecular weight excluding hydrogens is 626 g/mol. The predicted octanol–water partition coefficient (Wildman–Crippen LogP) is 8.68. The van der Waals surface area contributed by atoms with E-state index in [1.54, 1.807) is 39.9 Å². The first-order chi connectivity index (χ1) is 22.3. The van der Waals surface area contributed by atoms with Gasteiger partial charge in [0.15, 0.2) is 5.69 Å². The van der Waals surface area contributed by atoms with E-state index in [9.17, 15) is 14.0 Å². The second-order valence-corrected chi connectivity index (χ2v) is 11.5. The number of halogens is 3. The van der Waals surface area contributed by atoms with Gasteiger partial charge < -0.3 is 9.64 Å². The van der Waals surface area contributed by atoms with Crippen molar-refractivity contribution in [1.82, 2.24) is 14.7 Å². The molecule has 0 saturated carbocycles. The van der Waals surface area contributed by atoms with Gasteiger partial charge in [0, 0.05) is 22.8 Å². The number of hydrogen-bond acceptors (Lipinski definition) is 4. The van der Waals surface area contributed by atoms with Gasteiger partial charge in [-0.3, -0.25) is 9.69 Å². The largest absolute Gasteiger partial charge is 0.445 e. The molecule has 10 heteroatoms. The Morgan fingerprint density at radius 2 is 1.63 bits per heavy atom. The molecule has 0 unspecified atom stereocenters. The molecule has 6 rings (SSSR count). The maximum atomic E-state index is 14.3. The summed E-state index contributed by atoms with van der Waals surface area (Å²) in [5.74, 6) is -0.710. The van der Waals surface area contributed by atoms with Crippen molar-refractivity contribution in [1.29, 1.82) is 0 Å². The molecule has 7 nitrogen and oxygen atoms in total. The van der Waals surface area contributed by atoms with Crippen LogP contribution in [0.3, 0.4) is 0 Å². The van der Waals surface area contributed by atoms with Crippen molar-refractivity contribution in [2.75, 3.05) is 18.0 Å². The van der Waals surface area contributed by atoms with Crippen molar-refractivity contribution in [2.45, 2.75) is 20.1 Å². The molecule has 0 radical (unpaired) electrons. The van der Waals surface area contributed by atoms with Crippen LogP contribution in [0.15, 0.2) is 103 Å². The Hall–Kier alpha value is -4.92. The smallest absolute Gasteiger partial charge is 0.410 e. The Kier molecular flexibility index (Phi) is 9.19. The van der Waals surface area contributed by atoms with Gasteiger partial charge in [0.1, 0.15) is 12.4 Å². The van der Waals surface area contributed by atoms with Crippen LogP contribution in [0.2, 0.25) is 10.0 Å². The number of nitrogens with zero attached hydrogens (tertiary/aromatic N) is 4. The van der Waals surface area contributed by atoms with Gasteiger partial charge in [-0.1, -0.05) is 83.9 Å². The van der Waals surface area contributed by atoms with E-state index in [-0.39, 0.29) is 37.1 Å². The van der Waals surface area contributed by atoms with E-state index in [1.807, 2.05) is 73.7 Å². The van der Waals surface area contributed by atoms with Gasteiger partial charge in [-0.25, -0.2) is 13.9 Å². The minimum atomic E-state index is -0.550. The summed E-state index contributed by atoms with van der Waals surface area (Å²) in [7, 11) is 0. The van der Waals surface area contributed by atoms with Crippen LogP contribution in [0.5, 0.6) is 0 Å². The molecule has 1 aromatic heterocycles. The zero-order chi connectivity index (χ0) is 32.2. The molecule has 2 amide bonds. The van der Waals surface area contributed by atoms with E-state index in [2.05, 4.69) is 0 Å². The molecule has 0 fully saturated rings. The molecule has 232 valence electrons. The number of amides is 2. The standard InChI is InChI=1S/C36H29Cl2FN4O3/c1-2-42(29-11-7-4-8-12-29)35(44)33-30-22-41(36(45)46-23-25-9-5-3-6-10-25)21-26(19-24-13-16-28(39)17-14-24)34(30)43(40-33)32-18-15-27(37)20-31(32)38/h3-20H,2,21-23H2,1H3. The highest BCUT2D eigenvalue weighted by Crippen LogP contribution is 2.37. The van der Waals surface area contributed by atoms with Gasteiger partial charge >= 0.3 is 6.09 Å². The van der Waals surface area contributed by atoms with Crippen molar-refractivity contribution in [3.05, 3.63) is 147 Å². The molecule has 2 heterocycles. The summed E-state index contributed by atoms with van der Waals surface area (Å²) in [5.41, 5.74) is 4.72. The summed E-state index contributed by atoms with van der Waals surface area (Å²) in [6, 6.07) is 29.8. The molecule has 0 atom stereocenters. The van der Waals surface area contributed by atoms with Crippen LogP contribution in [-0.4, -0.2) is 39.8 Å². The number of anilines is 1. The van der Waals surface area contributed by atoms with Gasteiger partial charge in [-0.15, -0.1) is 0 Å². The fourth-order valence-corrected chi connectivity index (χ4v) is 5.94. The van der Waals surface area contributed by atoms with Crippen LogP contribution in [0.1, 0.15) is 39.8 Å². The van der Waals surface area contributed by atoms with Gasteiger partial charge in [0.05, 0.1) is 29.5 Å². The SMILES string of the molecule is CCN(C(=O)c1nn(-c2ccc(Cl)cc2Cl)c2c1CN(C(=O)OCc1ccccc1)CC2=Cc1ccc(F)cc1)c1ccccc1. The highest BCUT2D eigenvalue weighted by atomic mass is 35.5. The van der Waals surface area contributed by atoms with Crippen LogP contribution >= 0.6 is 23.2 Å². The van der Waals surface area contributed by atoms with Crippen molar-refractivity contribution < 1.29 is 18.7 Å². The monoisotopic (exact) mass is 654 g/mol. The lowest BCUT2D eigenvalue weighted by molar-refractivity contribution is 0.0948. The Morgan fingerprint density at radius 3 is 2.30 bits per heavy atom. The van der Waals surface area contributed by atoms with E-state index in [0.29, 0.717) is 50.4 Å². The molecule has 1 aliphatic rings. The number of ether oxygens (including phenoxy) is 1. The molecule has 0 saturated heterocycles. The van der Waals surface area contributed by atoms with Gasteiger partial charge in [0.2, 0.25) is 0 Å². The fourth-order valence-electron chi connectivity index (χ4n) is 5.45. The number of carbonyl (C=O) groups excluding carboxylic acids is 2. The van der Waals surface area contributed by atoms with Crippen LogP contribution in [0.4, 0.5) is 14.9 Å². The van der Waals surface area contributed by atoms with Crippen LogP contribution in [0.25, 0.3) is 17.3 Å². The molecule has 1 aliphatic heterocycles. The topological polar surface area (TPSA) is 67.7 Å². The number of hydrogen-bond donors (Lipinski definition) is 0. The highest BCUT2D eigenvalue weighted by molar-refractivity contribution is 6.35. The normalized spacial score (nSPS) is 13.4. The van der Waals surface area contributed by atoms with E-state index >= 15 is 0 Å². The van der Waals surface area contributed by atoms with E-state index < -0.39 is 6.09 Å². The second-order valence-electron chi connectivity index (χ2n) is 10.7. The van der Waals surface area contributed by atoms with E-state index in [4.69, 9.17) is 33.0 Å². The number of carbonyl (C=O) groups is 2. The summed E-state index contributed by atoms with van der Waals surface area (Å²) in [6.07, 6.45) is 1.30. The first-order valence-corrected chi connectivity index (χ1v) is 15.4. The Balaban J connectivity index is 1.50. The number of rotatable bonds is 7. The average molecular weight is 656 g/mol. The summed E-state index contributed by atoms with van der Waals surface area (Å²) < 4.78 is 21.2. The van der Waals surface area contributed by atoms with Crippen LogP contribution < -0.4 is 4.90 Å². The third-order valence-electron chi connectivity index (χ3n) is 7.64. The first-order valence-electron chi connectivity index (χ1n) is 14.7. The zero-order valence-electron chi connectivity index (χ0n) is 24.9. The molecular formula is C36H29Cl2FN4O3. The molecule has 0 bridgehead atoms. The number of benzene rings is 4. The van der Waals surface area contributed by atoms with Gasteiger partial charge in [-0.05, 0) is 72.2 Å². The predicted molar refractivity (Wildman–Crippen MR) is 179 cm³/mol. The summed E-state index contributed by atoms with van der Waals surface area (Å²) in [5, 5.41) is 5.64. The Bertz CT molecular complexity index is 1910. The van der Waals surface area contributed by atoms with E-state index in [0.717, 1.165) is 5.56 Å². The lowest BCUT2D eigenvalue weighted by Gasteiger charge is -2.30. The lowest BCUT2D eigenvalue weighted by atomic mass is 9.97. The third-order valence-corrected chi connectivity index (χ3v) is 8.18. The minimum absolute atomic E-state index is 0.0579. The quantitative estimate of drug-likeness (QED) is 0.176. The summed E-state index contributed by atoms with van der Waals surface area (Å²) in [4.78, 5) is 31.0. The number of aromatic nitrogens is 2. The first kappa shape index (κ1) is 31.1. The van der Waals surface area contributed by atoms with Crippen molar-refractivity contribution in [3.8, 4) is 5.69 Å². The van der Waals surface area contributed by atoms with Crippen molar-refractivity contribution >= 4 is 52.5 Å². The molecule has 0 aliphatic carbocycles. The molecule has 0 spiro atoms. The molecule has 46 heavy (non-hydrogen) atoms.